The summed E-state index contributed by atoms with van der Waals surface area (Å²) in [5.41, 5.74) is 8.87. The second kappa shape index (κ2) is 10.2. The predicted octanol–water partition coefficient (Wildman–Crippen LogP) is 4.95. The molecule has 5 aromatic rings. The van der Waals surface area contributed by atoms with Crippen LogP contribution in [0.5, 0.6) is 0 Å². The van der Waals surface area contributed by atoms with Crippen LogP contribution in [-0.4, -0.2) is 42.5 Å². The van der Waals surface area contributed by atoms with Gasteiger partial charge in [-0.1, -0.05) is 30.3 Å². The summed E-state index contributed by atoms with van der Waals surface area (Å²) in [6, 6.07) is 13.2. The summed E-state index contributed by atoms with van der Waals surface area (Å²) in [7, 11) is 0. The minimum atomic E-state index is -0.891. The van der Waals surface area contributed by atoms with Gasteiger partial charge in [0.2, 0.25) is 17.7 Å². The SMILES string of the molecule is Cc1csc([C@H]2CCCN2C(=O)c2cc(-c3nnc([C@](C)(N)Cc4ccccc4)o3)cc(-c3ncco3)n2)n1. The summed E-state index contributed by atoms with van der Waals surface area (Å²) in [5.74, 6) is 0.606. The Bertz CT molecular complexity index is 1590. The molecule has 11 heteroatoms. The van der Waals surface area contributed by atoms with Crippen molar-refractivity contribution in [2.45, 2.75) is 44.7 Å². The largest absolute Gasteiger partial charge is 0.443 e. The lowest BCUT2D eigenvalue weighted by Gasteiger charge is -2.23. The predicted molar refractivity (Wildman–Crippen MR) is 145 cm³/mol. The van der Waals surface area contributed by atoms with Crippen LogP contribution in [0.2, 0.25) is 0 Å². The lowest BCUT2D eigenvalue weighted by molar-refractivity contribution is 0.0729. The Morgan fingerprint density at radius 2 is 2.03 bits per heavy atom. The van der Waals surface area contributed by atoms with Gasteiger partial charge in [-0.3, -0.25) is 4.79 Å². The smallest absolute Gasteiger partial charge is 0.273 e. The summed E-state index contributed by atoms with van der Waals surface area (Å²) in [6.07, 6.45) is 5.25. The van der Waals surface area contributed by atoms with E-state index in [1.165, 1.54) is 12.5 Å². The third-order valence-electron chi connectivity index (χ3n) is 6.71. The van der Waals surface area contributed by atoms with Gasteiger partial charge in [0.05, 0.1) is 17.8 Å². The number of oxazole rings is 1. The van der Waals surface area contributed by atoms with E-state index in [9.17, 15) is 4.79 Å². The molecular formula is C28H27N7O3S. The Balaban J connectivity index is 1.35. The number of aromatic nitrogens is 5. The molecule has 1 aliphatic heterocycles. The number of hydrogen-bond donors (Lipinski definition) is 1. The Labute approximate surface area is 228 Å². The van der Waals surface area contributed by atoms with E-state index in [0.29, 0.717) is 30.1 Å². The zero-order chi connectivity index (χ0) is 27.0. The van der Waals surface area contributed by atoms with Crippen molar-refractivity contribution in [2.24, 2.45) is 5.73 Å². The number of hydrogen-bond acceptors (Lipinski definition) is 10. The van der Waals surface area contributed by atoms with Crippen molar-refractivity contribution in [2.75, 3.05) is 6.54 Å². The number of benzene rings is 1. The van der Waals surface area contributed by atoms with Crippen molar-refractivity contribution in [3.05, 3.63) is 88.2 Å². The third kappa shape index (κ3) is 5.10. The van der Waals surface area contributed by atoms with Crippen LogP contribution in [-0.2, 0) is 12.0 Å². The lowest BCUT2D eigenvalue weighted by atomic mass is 9.94. The zero-order valence-corrected chi connectivity index (χ0v) is 22.4. The van der Waals surface area contributed by atoms with E-state index < -0.39 is 5.54 Å². The molecular weight excluding hydrogens is 514 g/mol. The fourth-order valence-corrected chi connectivity index (χ4v) is 5.77. The molecule has 0 spiro atoms. The Morgan fingerprint density at radius 3 is 2.77 bits per heavy atom. The van der Waals surface area contributed by atoms with Crippen LogP contribution in [0.25, 0.3) is 23.0 Å². The molecule has 2 N–H and O–H groups in total. The van der Waals surface area contributed by atoms with E-state index in [4.69, 9.17) is 14.6 Å². The molecule has 39 heavy (non-hydrogen) atoms. The molecule has 1 amide bonds. The van der Waals surface area contributed by atoms with Gasteiger partial charge in [-0.15, -0.1) is 21.5 Å². The Morgan fingerprint density at radius 1 is 1.18 bits per heavy atom. The molecule has 0 saturated carbocycles. The van der Waals surface area contributed by atoms with Gasteiger partial charge in [0, 0.05) is 23.2 Å². The highest BCUT2D eigenvalue weighted by molar-refractivity contribution is 7.09. The number of carbonyl (C=O) groups excluding carboxylic acids is 1. The molecule has 6 rings (SSSR count). The highest BCUT2D eigenvalue weighted by Crippen LogP contribution is 2.35. The maximum Gasteiger partial charge on any atom is 0.273 e. The first kappa shape index (κ1) is 25.1. The van der Waals surface area contributed by atoms with Crippen molar-refractivity contribution in [3.8, 4) is 23.0 Å². The number of nitrogens with two attached hydrogens (primary N) is 1. The minimum Gasteiger partial charge on any atom is -0.443 e. The second-order valence-corrected chi connectivity index (χ2v) is 10.8. The van der Waals surface area contributed by atoms with Crippen LogP contribution in [0.3, 0.4) is 0 Å². The first-order chi connectivity index (χ1) is 18.9. The summed E-state index contributed by atoms with van der Waals surface area (Å²) in [6.45, 7) is 4.43. The van der Waals surface area contributed by atoms with Crippen LogP contribution in [0.4, 0.5) is 0 Å². The van der Waals surface area contributed by atoms with E-state index in [1.54, 1.807) is 23.5 Å². The lowest BCUT2D eigenvalue weighted by Crippen LogP contribution is -2.35. The zero-order valence-electron chi connectivity index (χ0n) is 21.6. The second-order valence-electron chi connectivity index (χ2n) is 9.94. The van der Waals surface area contributed by atoms with Crippen molar-refractivity contribution in [3.63, 3.8) is 0 Å². The number of rotatable bonds is 7. The van der Waals surface area contributed by atoms with Crippen molar-refractivity contribution < 1.29 is 13.6 Å². The van der Waals surface area contributed by atoms with Gasteiger partial charge in [0.25, 0.3) is 5.91 Å². The molecule has 1 fully saturated rings. The summed E-state index contributed by atoms with van der Waals surface area (Å²) < 4.78 is 11.6. The van der Waals surface area contributed by atoms with E-state index in [2.05, 4.69) is 25.1 Å². The van der Waals surface area contributed by atoms with E-state index in [1.807, 2.05) is 54.5 Å². The summed E-state index contributed by atoms with van der Waals surface area (Å²) >= 11 is 1.57. The van der Waals surface area contributed by atoms with E-state index in [-0.39, 0.29) is 29.4 Å². The third-order valence-corrected chi connectivity index (χ3v) is 7.77. The average Bonchev–Trinajstić information content (AvgIpc) is 3.74. The number of carbonyl (C=O) groups is 1. The molecule has 1 saturated heterocycles. The highest BCUT2D eigenvalue weighted by Gasteiger charge is 2.34. The summed E-state index contributed by atoms with van der Waals surface area (Å²) in [4.78, 5) is 29.1. The fourth-order valence-electron chi connectivity index (χ4n) is 4.83. The van der Waals surface area contributed by atoms with E-state index >= 15 is 0 Å². The van der Waals surface area contributed by atoms with Crippen LogP contribution in [0, 0.1) is 6.92 Å². The number of nitrogens with zero attached hydrogens (tertiary/aromatic N) is 6. The molecule has 198 valence electrons. The maximum atomic E-state index is 13.8. The first-order valence-electron chi connectivity index (χ1n) is 12.7. The molecule has 0 radical (unpaired) electrons. The normalized spacial score (nSPS) is 16.9. The molecule has 10 nitrogen and oxygen atoms in total. The van der Waals surface area contributed by atoms with Crippen LogP contribution < -0.4 is 5.73 Å². The number of pyridine rings is 1. The maximum absolute atomic E-state index is 13.8. The molecule has 1 aliphatic rings. The Hall–Kier alpha value is -4.22. The van der Waals surface area contributed by atoms with Gasteiger partial charge in [-0.05, 0) is 50.8 Å². The van der Waals surface area contributed by atoms with Crippen LogP contribution in [0.15, 0.2) is 69.1 Å². The molecule has 0 unspecified atom stereocenters. The quantitative estimate of drug-likeness (QED) is 0.303. The molecule has 0 aliphatic carbocycles. The summed E-state index contributed by atoms with van der Waals surface area (Å²) in [5, 5.41) is 11.5. The van der Waals surface area contributed by atoms with Gasteiger partial charge in [0.1, 0.15) is 22.7 Å². The number of amides is 1. The van der Waals surface area contributed by atoms with Crippen LogP contribution in [0.1, 0.15) is 58.5 Å². The highest BCUT2D eigenvalue weighted by atomic mass is 32.1. The molecule has 1 aromatic carbocycles. The number of thiazole rings is 1. The fraction of sp³-hybridized carbons (Fsp3) is 0.286. The van der Waals surface area contributed by atoms with Crippen molar-refractivity contribution in [1.82, 2.24) is 30.0 Å². The number of aryl methyl sites for hydroxylation is 1. The number of likely N-dealkylation sites (tertiary alicyclic amines) is 1. The molecule has 0 bridgehead atoms. The van der Waals surface area contributed by atoms with Crippen molar-refractivity contribution in [1.29, 1.82) is 0 Å². The van der Waals surface area contributed by atoms with Crippen molar-refractivity contribution >= 4 is 17.2 Å². The monoisotopic (exact) mass is 541 g/mol. The van der Waals surface area contributed by atoms with Crippen LogP contribution >= 0.6 is 11.3 Å². The topological polar surface area (TPSA) is 137 Å². The Kier molecular flexibility index (Phi) is 6.53. The molecule has 5 heterocycles. The first-order valence-corrected chi connectivity index (χ1v) is 13.6. The van der Waals surface area contributed by atoms with Gasteiger partial charge >= 0.3 is 0 Å². The van der Waals surface area contributed by atoms with Gasteiger partial charge < -0.3 is 19.5 Å². The van der Waals surface area contributed by atoms with Gasteiger partial charge in [-0.2, -0.15) is 0 Å². The molecule has 4 aromatic heterocycles. The van der Waals surface area contributed by atoms with Gasteiger partial charge in [0.15, 0.2) is 0 Å². The van der Waals surface area contributed by atoms with E-state index in [0.717, 1.165) is 29.1 Å². The average molecular weight is 542 g/mol. The molecule has 2 atom stereocenters. The standard InChI is InChI=1S/C28H27N7O3S/c1-17-16-39-25(31-17)22-9-6-11-35(22)26(36)21-14-19(13-20(32-21)24-30-10-12-37-24)23-33-34-27(38-23)28(2,29)15-18-7-4-3-5-8-18/h3-5,7-8,10,12-14,16,22H,6,9,11,15,29H2,1-2H3/t22-,28-/m1/s1. The minimum absolute atomic E-state index is 0.0854. The van der Waals surface area contributed by atoms with Gasteiger partial charge in [-0.25, -0.2) is 15.0 Å².